The highest BCUT2D eigenvalue weighted by atomic mass is 35.5. The van der Waals surface area contributed by atoms with Gasteiger partial charge in [-0.2, -0.15) is 0 Å². The standard InChI is InChI=1S/C15H24N4O3.2ClH/c16-14(12-1-8-21-9-2-12)15(20)19-6-4-18(5-7-19)11-13-3-10-22-17-13;;/h3,10,12,14H,1-2,4-9,11,16H2;2*1H. The molecule has 3 rings (SSSR count). The number of ether oxygens (including phenoxy) is 1. The lowest BCUT2D eigenvalue weighted by atomic mass is 9.91. The Balaban J connectivity index is 0.00000144. The van der Waals surface area contributed by atoms with E-state index in [1.165, 1.54) is 0 Å². The van der Waals surface area contributed by atoms with Gasteiger partial charge in [-0.1, -0.05) is 5.16 Å². The first-order chi connectivity index (χ1) is 10.7. The molecule has 1 amide bonds. The molecule has 0 bridgehead atoms. The second kappa shape index (κ2) is 10.2. The summed E-state index contributed by atoms with van der Waals surface area (Å²) in [7, 11) is 0. The number of amides is 1. The van der Waals surface area contributed by atoms with E-state index < -0.39 is 0 Å². The molecule has 138 valence electrons. The number of rotatable bonds is 4. The molecule has 24 heavy (non-hydrogen) atoms. The minimum Gasteiger partial charge on any atom is -0.381 e. The summed E-state index contributed by atoms with van der Waals surface area (Å²) in [5.74, 6) is 0.349. The largest absolute Gasteiger partial charge is 0.381 e. The molecule has 2 fully saturated rings. The van der Waals surface area contributed by atoms with Gasteiger partial charge >= 0.3 is 0 Å². The zero-order valence-corrected chi connectivity index (χ0v) is 15.3. The molecule has 1 atom stereocenters. The zero-order chi connectivity index (χ0) is 15.4. The van der Waals surface area contributed by atoms with Crippen molar-refractivity contribution in [1.82, 2.24) is 15.0 Å². The minimum absolute atomic E-state index is 0. The Bertz CT molecular complexity index is 475. The van der Waals surface area contributed by atoms with E-state index in [1.807, 2.05) is 11.0 Å². The van der Waals surface area contributed by atoms with Crippen LogP contribution in [0.2, 0.25) is 0 Å². The number of hydrogen-bond acceptors (Lipinski definition) is 6. The molecule has 2 aliphatic rings. The topological polar surface area (TPSA) is 84.8 Å². The Morgan fingerprint density at radius 1 is 1.25 bits per heavy atom. The molecular formula is C15H26Cl2N4O3. The number of nitrogens with two attached hydrogens (primary N) is 1. The first-order valence-corrected chi connectivity index (χ1v) is 7.98. The summed E-state index contributed by atoms with van der Waals surface area (Å²) in [6, 6.07) is 1.49. The Morgan fingerprint density at radius 2 is 1.92 bits per heavy atom. The number of halogens is 2. The highest BCUT2D eigenvalue weighted by Gasteiger charge is 2.31. The Kier molecular flexibility index (Phi) is 9.01. The van der Waals surface area contributed by atoms with Gasteiger partial charge in [-0.15, -0.1) is 24.8 Å². The minimum atomic E-state index is -0.383. The predicted octanol–water partition coefficient (Wildman–Crippen LogP) is 0.916. The van der Waals surface area contributed by atoms with Crippen LogP contribution in [0.25, 0.3) is 0 Å². The molecule has 2 aliphatic heterocycles. The fraction of sp³-hybridized carbons (Fsp3) is 0.733. The number of carbonyl (C=O) groups excluding carboxylic acids is 1. The summed E-state index contributed by atoms with van der Waals surface area (Å²) >= 11 is 0. The molecule has 1 aromatic heterocycles. The van der Waals surface area contributed by atoms with Gasteiger partial charge in [0, 0.05) is 52.0 Å². The molecule has 1 aromatic rings. The second-order valence-corrected chi connectivity index (χ2v) is 6.07. The van der Waals surface area contributed by atoms with E-state index in [0.29, 0.717) is 0 Å². The van der Waals surface area contributed by atoms with E-state index in [9.17, 15) is 4.79 Å². The van der Waals surface area contributed by atoms with E-state index >= 15 is 0 Å². The van der Waals surface area contributed by atoms with E-state index in [-0.39, 0.29) is 42.7 Å². The lowest BCUT2D eigenvalue weighted by Crippen LogP contribution is -2.55. The molecule has 2 saturated heterocycles. The van der Waals surface area contributed by atoms with E-state index in [2.05, 4.69) is 10.1 Å². The molecule has 7 nitrogen and oxygen atoms in total. The molecule has 9 heteroatoms. The summed E-state index contributed by atoms with van der Waals surface area (Å²) in [4.78, 5) is 16.7. The SMILES string of the molecule is Cl.Cl.NC(C(=O)N1CCN(Cc2ccon2)CC1)C1CCOCC1. The number of piperazine rings is 1. The second-order valence-electron chi connectivity index (χ2n) is 6.07. The van der Waals surface area contributed by atoms with Gasteiger partial charge in [0.2, 0.25) is 5.91 Å². The third kappa shape index (κ3) is 5.32. The number of hydrogen-bond donors (Lipinski definition) is 1. The van der Waals surface area contributed by atoms with Crippen molar-refractivity contribution in [3.63, 3.8) is 0 Å². The highest BCUT2D eigenvalue weighted by Crippen LogP contribution is 2.19. The fourth-order valence-corrected chi connectivity index (χ4v) is 3.16. The Labute approximate surface area is 154 Å². The van der Waals surface area contributed by atoms with E-state index in [1.54, 1.807) is 6.26 Å². The first kappa shape index (κ1) is 21.2. The fourth-order valence-electron chi connectivity index (χ4n) is 3.16. The smallest absolute Gasteiger partial charge is 0.239 e. The molecule has 1 unspecified atom stereocenters. The predicted molar refractivity (Wildman–Crippen MR) is 94.4 cm³/mol. The van der Waals surface area contributed by atoms with Crippen LogP contribution in [0.5, 0.6) is 0 Å². The van der Waals surface area contributed by atoms with Crippen molar-refractivity contribution < 1.29 is 14.1 Å². The average molecular weight is 381 g/mol. The molecule has 0 aliphatic carbocycles. The maximum absolute atomic E-state index is 12.5. The monoisotopic (exact) mass is 380 g/mol. The van der Waals surface area contributed by atoms with Gasteiger partial charge in [-0.3, -0.25) is 9.69 Å². The van der Waals surface area contributed by atoms with Gasteiger partial charge in [0.25, 0.3) is 0 Å². The molecule has 2 N–H and O–H groups in total. The maximum atomic E-state index is 12.5. The van der Waals surface area contributed by atoms with Gasteiger partial charge in [-0.25, -0.2) is 0 Å². The molecule has 0 radical (unpaired) electrons. The van der Waals surface area contributed by atoms with Crippen LogP contribution >= 0.6 is 24.8 Å². The van der Waals surface area contributed by atoms with Crippen molar-refractivity contribution in [2.75, 3.05) is 39.4 Å². The highest BCUT2D eigenvalue weighted by molar-refractivity contribution is 5.85. The summed E-state index contributed by atoms with van der Waals surface area (Å²) < 4.78 is 10.2. The zero-order valence-electron chi connectivity index (χ0n) is 13.6. The Morgan fingerprint density at radius 3 is 2.50 bits per heavy atom. The molecule has 0 aromatic carbocycles. The van der Waals surface area contributed by atoms with Crippen molar-refractivity contribution in [3.8, 4) is 0 Å². The van der Waals surface area contributed by atoms with Crippen molar-refractivity contribution in [2.45, 2.75) is 25.4 Å². The average Bonchev–Trinajstić information content (AvgIpc) is 3.08. The number of aromatic nitrogens is 1. The summed E-state index contributed by atoms with van der Waals surface area (Å²) in [5, 5.41) is 3.92. The van der Waals surface area contributed by atoms with Crippen LogP contribution in [0.15, 0.2) is 16.9 Å². The van der Waals surface area contributed by atoms with Crippen molar-refractivity contribution in [2.24, 2.45) is 11.7 Å². The quantitative estimate of drug-likeness (QED) is 0.835. The van der Waals surface area contributed by atoms with Crippen LogP contribution in [-0.4, -0.2) is 66.3 Å². The van der Waals surface area contributed by atoms with Crippen molar-refractivity contribution in [1.29, 1.82) is 0 Å². The van der Waals surface area contributed by atoms with E-state index in [4.69, 9.17) is 15.0 Å². The molecule has 0 saturated carbocycles. The number of carbonyl (C=O) groups is 1. The first-order valence-electron chi connectivity index (χ1n) is 7.98. The summed E-state index contributed by atoms with van der Waals surface area (Å²) in [6.07, 6.45) is 3.36. The molecular weight excluding hydrogens is 355 g/mol. The normalized spacial score (nSPS) is 20.8. The van der Waals surface area contributed by atoms with Gasteiger partial charge in [-0.05, 0) is 18.8 Å². The Hall–Kier alpha value is -0.860. The lowest BCUT2D eigenvalue weighted by molar-refractivity contribution is -0.136. The van der Waals surface area contributed by atoms with Gasteiger partial charge < -0.3 is 19.9 Å². The molecule has 3 heterocycles. The van der Waals surface area contributed by atoms with Crippen molar-refractivity contribution in [3.05, 3.63) is 18.0 Å². The lowest BCUT2D eigenvalue weighted by Gasteiger charge is -2.37. The third-order valence-corrected chi connectivity index (χ3v) is 4.62. The van der Waals surface area contributed by atoms with Gasteiger partial charge in [0.15, 0.2) is 0 Å². The van der Waals surface area contributed by atoms with Crippen LogP contribution in [0.3, 0.4) is 0 Å². The maximum Gasteiger partial charge on any atom is 0.239 e. The third-order valence-electron chi connectivity index (χ3n) is 4.62. The van der Waals surface area contributed by atoms with Crippen LogP contribution in [0.4, 0.5) is 0 Å². The van der Waals surface area contributed by atoms with Crippen LogP contribution < -0.4 is 5.73 Å². The van der Waals surface area contributed by atoms with Crippen LogP contribution in [-0.2, 0) is 16.1 Å². The van der Waals surface area contributed by atoms with Gasteiger partial charge in [0.05, 0.1) is 11.7 Å². The van der Waals surface area contributed by atoms with Crippen LogP contribution in [0.1, 0.15) is 18.5 Å². The van der Waals surface area contributed by atoms with Crippen molar-refractivity contribution >= 4 is 30.7 Å². The van der Waals surface area contributed by atoms with E-state index in [0.717, 1.165) is 64.5 Å². The van der Waals surface area contributed by atoms with Gasteiger partial charge in [0.1, 0.15) is 6.26 Å². The number of nitrogens with zero attached hydrogens (tertiary/aromatic N) is 3. The summed E-state index contributed by atoms with van der Waals surface area (Å²) in [6.45, 7) is 5.36. The summed E-state index contributed by atoms with van der Waals surface area (Å²) in [5.41, 5.74) is 7.11. The molecule has 0 spiro atoms. The van der Waals surface area contributed by atoms with Crippen LogP contribution in [0, 0.1) is 5.92 Å².